The highest BCUT2D eigenvalue weighted by Crippen LogP contribution is 2.34. The topological polar surface area (TPSA) is 53.6 Å². The van der Waals surface area contributed by atoms with Gasteiger partial charge in [0.2, 0.25) is 0 Å². The van der Waals surface area contributed by atoms with Gasteiger partial charge < -0.3 is 5.32 Å². The van der Waals surface area contributed by atoms with Crippen LogP contribution in [0.1, 0.15) is 41.6 Å². The number of aromatic amines is 1. The second-order valence-corrected chi connectivity index (χ2v) is 12.1. The third-order valence-electron chi connectivity index (χ3n) is 6.79. The number of nitrogens with one attached hydrogen (secondary N) is 2. The van der Waals surface area contributed by atoms with E-state index in [1.165, 1.54) is 29.8 Å². The fourth-order valence-corrected chi connectivity index (χ4v) is 7.51. The lowest BCUT2D eigenvalue weighted by Gasteiger charge is -2.23. The van der Waals surface area contributed by atoms with E-state index in [0.717, 1.165) is 43.1 Å². The Labute approximate surface area is 224 Å². The average molecular weight is 606 g/mol. The highest BCUT2D eigenvalue weighted by molar-refractivity contribution is 14.2. The fraction of sp³-hybridized carbons (Fsp3) is 0.167. The third-order valence-corrected chi connectivity index (χ3v) is 9.75. The fourth-order valence-electron chi connectivity index (χ4n) is 4.74. The van der Waals surface area contributed by atoms with Gasteiger partial charge in [-0.1, -0.05) is 57.1 Å². The minimum absolute atomic E-state index is 0.487. The summed E-state index contributed by atoms with van der Waals surface area (Å²) in [6.45, 7) is 0.894. The molecule has 0 fully saturated rings. The first-order valence-corrected chi connectivity index (χ1v) is 14.5. The molecule has 1 atom stereocenters. The lowest BCUT2D eigenvalue weighted by Crippen LogP contribution is -2.29. The van der Waals surface area contributed by atoms with Crippen LogP contribution in [0.4, 0.5) is 8.78 Å². The molecule has 0 radical (unpaired) electrons. The Balaban J connectivity index is 1.20. The van der Waals surface area contributed by atoms with Crippen LogP contribution in [0.15, 0.2) is 79.1 Å². The Morgan fingerprint density at radius 3 is 2.68 bits per heavy atom. The molecular weight excluding hydrogens is 581 g/mol. The van der Waals surface area contributed by atoms with Crippen LogP contribution >= 0.6 is 20.7 Å². The lowest BCUT2D eigenvalue weighted by atomic mass is 9.91. The Kier molecular flexibility index (Phi) is 6.89. The standard InChI is InChI=1S/C30H25F2IN4/c31-25-11-8-21(14-26(25)32)30-24(18-36-37-30)27-12-13-29-28(33-27)15-22(17-35-29)20-6-9-23(10-7-20)34-16-19-4-2-1-3-5-19/h1-6,8,11-15,17-18,23,34H,7,9-10,16H2,(H,36,37). The summed E-state index contributed by atoms with van der Waals surface area (Å²) >= 11 is -0.527. The van der Waals surface area contributed by atoms with Crippen LogP contribution in [0.25, 0.3) is 22.9 Å². The maximum atomic E-state index is 13.9. The van der Waals surface area contributed by atoms with E-state index in [9.17, 15) is 8.78 Å². The molecule has 6 rings (SSSR count). The highest BCUT2D eigenvalue weighted by atomic mass is 127. The second kappa shape index (κ2) is 10.6. The molecule has 2 aliphatic rings. The predicted molar refractivity (Wildman–Crippen MR) is 153 cm³/mol. The van der Waals surface area contributed by atoms with Crippen LogP contribution in [-0.2, 0) is 6.54 Å². The molecule has 2 N–H and O–H groups in total. The molecule has 2 aromatic heterocycles. The third kappa shape index (κ3) is 5.24. The molecule has 1 aliphatic carbocycles. The van der Waals surface area contributed by atoms with Crippen LogP contribution in [0.2, 0.25) is 0 Å². The van der Waals surface area contributed by atoms with Gasteiger partial charge in [-0.2, -0.15) is 5.10 Å². The van der Waals surface area contributed by atoms with Crippen molar-refractivity contribution >= 4 is 35.9 Å². The number of hydrogen-bond acceptors (Lipinski definition) is 3. The molecule has 0 saturated heterocycles. The molecule has 0 spiro atoms. The minimum Gasteiger partial charge on any atom is -0.310 e. The van der Waals surface area contributed by atoms with Gasteiger partial charge in [-0.15, -0.1) is 0 Å². The molecule has 1 aliphatic heterocycles. The summed E-state index contributed by atoms with van der Waals surface area (Å²) in [5, 5.41) is 10.9. The quantitative estimate of drug-likeness (QED) is 0.236. The van der Waals surface area contributed by atoms with Gasteiger partial charge in [0, 0.05) is 37.0 Å². The summed E-state index contributed by atoms with van der Waals surface area (Å²) in [6, 6.07) is 17.2. The number of halogens is 3. The van der Waals surface area contributed by atoms with Crippen molar-refractivity contribution in [3.63, 3.8) is 0 Å². The summed E-state index contributed by atoms with van der Waals surface area (Å²) in [7, 11) is 0. The van der Waals surface area contributed by atoms with E-state index in [-0.39, 0.29) is 0 Å². The molecular formula is C30H25F2IN4. The number of hydrogen-bond donors (Lipinski definition) is 2. The molecule has 4 nitrogen and oxygen atoms in total. The van der Waals surface area contributed by atoms with Crippen LogP contribution in [0.5, 0.6) is 0 Å². The summed E-state index contributed by atoms with van der Waals surface area (Å²) in [5.74, 6) is -1.72. The van der Waals surface area contributed by atoms with Gasteiger partial charge in [-0.3, -0.25) is 10.1 Å². The smallest absolute Gasteiger partial charge is 0.159 e. The summed E-state index contributed by atoms with van der Waals surface area (Å²) in [4.78, 5) is 4.76. The average Bonchev–Trinajstić information content (AvgIpc) is 3.44. The maximum Gasteiger partial charge on any atom is 0.159 e. The molecule has 0 amide bonds. The zero-order valence-corrected chi connectivity index (χ0v) is 22.2. The zero-order chi connectivity index (χ0) is 25.2. The number of allylic oxidation sites excluding steroid dienone is 2. The Morgan fingerprint density at radius 1 is 0.973 bits per heavy atom. The van der Waals surface area contributed by atoms with Crippen molar-refractivity contribution < 1.29 is 8.78 Å². The van der Waals surface area contributed by atoms with Gasteiger partial charge in [0.15, 0.2) is 11.6 Å². The number of fused-ring (bicyclic) bond motifs is 1. The van der Waals surface area contributed by atoms with Gasteiger partial charge in [-0.05, 0) is 72.4 Å². The Bertz CT molecular complexity index is 1540. The van der Waals surface area contributed by atoms with E-state index in [4.69, 9.17) is 4.98 Å². The summed E-state index contributed by atoms with van der Waals surface area (Å²) in [6.07, 6.45) is 13.4. The van der Waals surface area contributed by atoms with Crippen molar-refractivity contribution in [2.75, 3.05) is 0 Å². The molecule has 4 aromatic rings. The number of benzene rings is 2. The predicted octanol–water partition coefficient (Wildman–Crippen LogP) is 6.86. The van der Waals surface area contributed by atoms with Crippen molar-refractivity contribution in [3.05, 3.63) is 117 Å². The van der Waals surface area contributed by atoms with E-state index < -0.39 is 32.4 Å². The maximum absolute atomic E-state index is 13.9. The first kappa shape index (κ1) is 24.1. The summed E-state index contributed by atoms with van der Waals surface area (Å²) in [5.41, 5.74) is 7.09. The lowest BCUT2D eigenvalue weighted by molar-refractivity contribution is 0.478. The number of nitrogens with zero attached hydrogens (tertiary/aromatic N) is 2. The molecule has 2 aromatic carbocycles. The zero-order valence-electron chi connectivity index (χ0n) is 20.0. The molecule has 0 bridgehead atoms. The van der Waals surface area contributed by atoms with Crippen molar-refractivity contribution in [2.45, 2.75) is 31.8 Å². The second-order valence-electron chi connectivity index (χ2n) is 9.22. The SMILES string of the molecule is Fc1ccc(-c2[nH]ncc2C2=Ic3cc(C4=CCC(NCc5ccccc5)CC4)cnc3C=C2)cc1F. The Hall–Kier alpha value is -3.30. The van der Waals surface area contributed by atoms with E-state index in [1.807, 2.05) is 18.3 Å². The molecule has 1 unspecified atom stereocenters. The van der Waals surface area contributed by atoms with Crippen molar-refractivity contribution in [2.24, 2.45) is 0 Å². The van der Waals surface area contributed by atoms with Crippen LogP contribution in [-0.4, -0.2) is 24.7 Å². The van der Waals surface area contributed by atoms with Gasteiger partial charge in [-0.25, -0.2) is 8.78 Å². The molecule has 0 saturated carbocycles. The van der Waals surface area contributed by atoms with E-state index >= 15 is 0 Å². The molecule has 7 heteroatoms. The normalized spacial score (nSPS) is 17.0. The van der Waals surface area contributed by atoms with Gasteiger partial charge in [0.05, 0.1) is 17.6 Å². The van der Waals surface area contributed by atoms with Gasteiger partial charge >= 0.3 is 0 Å². The van der Waals surface area contributed by atoms with Crippen LogP contribution < -0.4 is 5.32 Å². The van der Waals surface area contributed by atoms with E-state index in [2.05, 4.69) is 58.0 Å². The van der Waals surface area contributed by atoms with Crippen molar-refractivity contribution in [1.82, 2.24) is 20.5 Å². The van der Waals surface area contributed by atoms with E-state index in [0.29, 0.717) is 17.3 Å². The summed E-state index contributed by atoms with van der Waals surface area (Å²) < 4.78 is 29.8. The Morgan fingerprint density at radius 2 is 1.86 bits per heavy atom. The van der Waals surface area contributed by atoms with Crippen LogP contribution in [0.3, 0.4) is 0 Å². The first-order chi connectivity index (χ1) is 18.1. The largest absolute Gasteiger partial charge is 0.310 e. The van der Waals surface area contributed by atoms with Crippen molar-refractivity contribution in [1.29, 1.82) is 0 Å². The molecule has 3 heterocycles. The van der Waals surface area contributed by atoms with Crippen molar-refractivity contribution in [3.8, 4) is 11.3 Å². The van der Waals surface area contributed by atoms with Gasteiger partial charge in [0.1, 0.15) is 0 Å². The monoisotopic (exact) mass is 606 g/mol. The number of aromatic nitrogens is 3. The molecule has 186 valence electrons. The first-order valence-electron chi connectivity index (χ1n) is 12.3. The van der Waals surface area contributed by atoms with Crippen LogP contribution in [0, 0.1) is 15.2 Å². The van der Waals surface area contributed by atoms with E-state index in [1.54, 1.807) is 12.3 Å². The number of rotatable bonds is 6. The van der Waals surface area contributed by atoms with Gasteiger partial charge in [0.25, 0.3) is 0 Å². The number of pyridine rings is 1. The number of H-pyrrole nitrogens is 1. The molecule has 37 heavy (non-hydrogen) atoms. The highest BCUT2D eigenvalue weighted by Gasteiger charge is 2.19. The minimum atomic E-state index is -0.866.